The topological polar surface area (TPSA) is 86.6 Å². The van der Waals surface area contributed by atoms with Gasteiger partial charge in [0.05, 0.1) is 37.4 Å². The van der Waals surface area contributed by atoms with Crippen molar-refractivity contribution in [1.82, 2.24) is 9.78 Å². The number of fused-ring (bicyclic) bond motifs is 1. The summed E-state index contributed by atoms with van der Waals surface area (Å²) in [4.78, 5) is 12.4. The summed E-state index contributed by atoms with van der Waals surface area (Å²) in [6.07, 6.45) is 0. The number of urea groups is 1. The maximum atomic E-state index is 12.4. The number of nitrogens with one attached hydrogen (secondary N) is 2. The maximum Gasteiger partial charge on any atom is 0.323 e. The van der Waals surface area contributed by atoms with Crippen molar-refractivity contribution in [3.63, 3.8) is 0 Å². The van der Waals surface area contributed by atoms with Gasteiger partial charge in [-0.1, -0.05) is 0 Å². The van der Waals surface area contributed by atoms with Crippen LogP contribution in [0.2, 0.25) is 0 Å². The lowest BCUT2D eigenvalue weighted by Crippen LogP contribution is -2.19. The van der Waals surface area contributed by atoms with E-state index >= 15 is 0 Å². The Labute approximate surface area is 157 Å². The van der Waals surface area contributed by atoms with Gasteiger partial charge in [-0.25, -0.2) is 4.79 Å². The monoisotopic (exact) mass is 370 g/mol. The zero-order valence-electron chi connectivity index (χ0n) is 15.7. The van der Waals surface area contributed by atoms with E-state index in [1.807, 2.05) is 32.2 Å². The number of benzene rings is 2. The van der Waals surface area contributed by atoms with Crippen molar-refractivity contribution in [3.8, 4) is 17.4 Å². The summed E-state index contributed by atoms with van der Waals surface area (Å²) in [6, 6.07) is 10.3. The largest absolute Gasteiger partial charge is 0.497 e. The Bertz CT molecular complexity index is 968. The van der Waals surface area contributed by atoms with E-state index in [4.69, 9.17) is 14.2 Å². The highest BCUT2D eigenvalue weighted by Gasteiger charge is 2.13. The van der Waals surface area contributed by atoms with Gasteiger partial charge >= 0.3 is 6.03 Å². The van der Waals surface area contributed by atoms with Crippen LogP contribution in [0.4, 0.5) is 16.2 Å². The molecule has 1 heterocycles. The first-order valence-electron chi connectivity index (χ1n) is 8.45. The molecule has 0 saturated carbocycles. The standard InChI is InChI=1S/C19H22N4O4/c1-5-27-18-14-10-12(6-8-16(14)23(2)22-18)20-19(24)21-15-11-13(25-3)7-9-17(15)26-4/h6-11H,5H2,1-4H3,(H2,20,21,24). The van der Waals surface area contributed by atoms with E-state index in [1.54, 1.807) is 30.0 Å². The zero-order chi connectivity index (χ0) is 19.4. The van der Waals surface area contributed by atoms with Crippen LogP contribution in [-0.2, 0) is 7.05 Å². The summed E-state index contributed by atoms with van der Waals surface area (Å²) < 4.78 is 17.8. The molecular weight excluding hydrogens is 348 g/mol. The molecule has 0 saturated heterocycles. The van der Waals surface area contributed by atoms with E-state index in [9.17, 15) is 4.79 Å². The lowest BCUT2D eigenvalue weighted by Gasteiger charge is -2.12. The molecule has 0 aliphatic rings. The fourth-order valence-corrected chi connectivity index (χ4v) is 2.75. The van der Waals surface area contributed by atoms with Crippen LogP contribution in [0, 0.1) is 0 Å². The van der Waals surface area contributed by atoms with Gasteiger partial charge in [-0.05, 0) is 37.3 Å². The number of hydrogen-bond acceptors (Lipinski definition) is 5. The summed E-state index contributed by atoms with van der Waals surface area (Å²) in [5.74, 6) is 1.69. The molecule has 0 aliphatic heterocycles. The molecule has 0 fully saturated rings. The highest BCUT2D eigenvalue weighted by molar-refractivity contribution is 6.02. The number of carbonyl (C=O) groups excluding carboxylic acids is 1. The number of nitrogens with zero attached hydrogens (tertiary/aromatic N) is 2. The third-order valence-corrected chi connectivity index (χ3v) is 4.01. The minimum Gasteiger partial charge on any atom is -0.497 e. The van der Waals surface area contributed by atoms with Crippen molar-refractivity contribution in [1.29, 1.82) is 0 Å². The molecule has 2 amide bonds. The average Bonchev–Trinajstić information content (AvgIpc) is 2.97. The van der Waals surface area contributed by atoms with Crippen molar-refractivity contribution in [2.45, 2.75) is 6.92 Å². The minimum absolute atomic E-state index is 0.400. The smallest absolute Gasteiger partial charge is 0.323 e. The number of anilines is 2. The Morgan fingerprint density at radius 2 is 1.93 bits per heavy atom. The van der Waals surface area contributed by atoms with E-state index in [-0.39, 0.29) is 0 Å². The Kier molecular flexibility index (Phi) is 5.35. The van der Waals surface area contributed by atoms with Crippen LogP contribution >= 0.6 is 0 Å². The molecule has 0 aliphatic carbocycles. The number of methoxy groups -OCH3 is 2. The molecule has 0 atom stereocenters. The third-order valence-electron chi connectivity index (χ3n) is 4.01. The van der Waals surface area contributed by atoms with Gasteiger partial charge in [-0.15, -0.1) is 5.10 Å². The summed E-state index contributed by atoms with van der Waals surface area (Å²) in [7, 11) is 4.95. The molecule has 2 aromatic carbocycles. The molecule has 8 nitrogen and oxygen atoms in total. The van der Waals surface area contributed by atoms with Crippen LogP contribution < -0.4 is 24.8 Å². The molecule has 0 radical (unpaired) electrons. The normalized spacial score (nSPS) is 10.5. The molecule has 2 N–H and O–H groups in total. The second kappa shape index (κ2) is 7.86. The number of amides is 2. The van der Waals surface area contributed by atoms with Gasteiger partial charge in [0.15, 0.2) is 0 Å². The van der Waals surface area contributed by atoms with E-state index in [2.05, 4.69) is 15.7 Å². The second-order valence-corrected chi connectivity index (χ2v) is 5.74. The van der Waals surface area contributed by atoms with Crippen LogP contribution in [0.1, 0.15) is 6.92 Å². The first-order chi connectivity index (χ1) is 13.0. The SMILES string of the molecule is CCOc1nn(C)c2ccc(NC(=O)Nc3cc(OC)ccc3OC)cc12. The van der Waals surface area contributed by atoms with Crippen molar-refractivity contribution in [2.75, 3.05) is 31.5 Å². The molecule has 27 heavy (non-hydrogen) atoms. The third kappa shape index (κ3) is 3.89. The van der Waals surface area contributed by atoms with Crippen LogP contribution in [0.15, 0.2) is 36.4 Å². The molecule has 0 unspecified atom stereocenters. The second-order valence-electron chi connectivity index (χ2n) is 5.74. The molecule has 1 aromatic heterocycles. The summed E-state index contributed by atoms with van der Waals surface area (Å²) in [5, 5.41) is 10.8. The van der Waals surface area contributed by atoms with E-state index in [0.717, 1.165) is 10.9 Å². The molecular formula is C19H22N4O4. The maximum absolute atomic E-state index is 12.4. The Morgan fingerprint density at radius 3 is 2.63 bits per heavy atom. The lowest BCUT2D eigenvalue weighted by molar-refractivity contribution is 0.262. The quantitative estimate of drug-likeness (QED) is 0.692. The van der Waals surface area contributed by atoms with Gasteiger partial charge < -0.3 is 24.8 Å². The molecule has 3 rings (SSSR count). The first-order valence-corrected chi connectivity index (χ1v) is 8.45. The molecule has 8 heteroatoms. The number of aromatic nitrogens is 2. The van der Waals surface area contributed by atoms with Crippen molar-refractivity contribution in [2.24, 2.45) is 7.05 Å². The fourth-order valence-electron chi connectivity index (χ4n) is 2.75. The Morgan fingerprint density at radius 1 is 1.11 bits per heavy atom. The number of rotatable bonds is 6. The highest BCUT2D eigenvalue weighted by Crippen LogP contribution is 2.30. The predicted molar refractivity (Wildman–Crippen MR) is 104 cm³/mol. The first kappa shape index (κ1) is 18.4. The number of aryl methyl sites for hydroxylation is 1. The van der Waals surface area contributed by atoms with E-state index < -0.39 is 6.03 Å². The fraction of sp³-hybridized carbons (Fsp3) is 0.263. The number of ether oxygens (including phenoxy) is 3. The Hall–Kier alpha value is -3.42. The van der Waals surface area contributed by atoms with Crippen molar-refractivity contribution >= 4 is 28.3 Å². The lowest BCUT2D eigenvalue weighted by atomic mass is 10.2. The van der Waals surface area contributed by atoms with Crippen LogP contribution in [-0.4, -0.2) is 36.6 Å². The van der Waals surface area contributed by atoms with Gasteiger partial charge in [0, 0.05) is 18.8 Å². The molecule has 0 bridgehead atoms. The minimum atomic E-state index is -0.400. The van der Waals surface area contributed by atoms with Crippen molar-refractivity contribution < 1.29 is 19.0 Å². The van der Waals surface area contributed by atoms with E-state index in [0.29, 0.717) is 35.4 Å². The predicted octanol–water partition coefficient (Wildman–Crippen LogP) is 3.63. The summed E-state index contributed by atoms with van der Waals surface area (Å²) in [5.41, 5.74) is 2.04. The molecule has 0 spiro atoms. The van der Waals surface area contributed by atoms with E-state index in [1.165, 1.54) is 7.11 Å². The number of hydrogen-bond donors (Lipinski definition) is 2. The van der Waals surface area contributed by atoms with Gasteiger partial charge in [0.25, 0.3) is 0 Å². The van der Waals surface area contributed by atoms with Crippen LogP contribution in [0.25, 0.3) is 10.9 Å². The van der Waals surface area contributed by atoms with Gasteiger partial charge in [-0.2, -0.15) is 0 Å². The highest BCUT2D eigenvalue weighted by atomic mass is 16.5. The average molecular weight is 370 g/mol. The number of carbonyl (C=O) groups is 1. The van der Waals surface area contributed by atoms with Crippen molar-refractivity contribution in [3.05, 3.63) is 36.4 Å². The zero-order valence-corrected chi connectivity index (χ0v) is 15.7. The van der Waals surface area contributed by atoms with Crippen LogP contribution in [0.5, 0.6) is 17.4 Å². The van der Waals surface area contributed by atoms with Crippen LogP contribution in [0.3, 0.4) is 0 Å². The van der Waals surface area contributed by atoms with Gasteiger partial charge in [0.2, 0.25) is 5.88 Å². The molecule has 142 valence electrons. The Balaban J connectivity index is 1.81. The summed E-state index contributed by atoms with van der Waals surface area (Å²) in [6.45, 7) is 2.41. The van der Waals surface area contributed by atoms with Gasteiger partial charge in [0.1, 0.15) is 11.5 Å². The molecule has 3 aromatic rings. The summed E-state index contributed by atoms with van der Waals surface area (Å²) >= 11 is 0. The van der Waals surface area contributed by atoms with Gasteiger partial charge in [-0.3, -0.25) is 4.68 Å².